The van der Waals surface area contributed by atoms with Gasteiger partial charge in [-0.05, 0) is 24.1 Å². The Labute approximate surface area is 145 Å². The van der Waals surface area contributed by atoms with Crippen LogP contribution in [0.4, 0.5) is 8.78 Å². The Morgan fingerprint density at radius 2 is 1.52 bits per heavy atom. The molecule has 0 N–H and O–H groups in total. The zero-order valence-corrected chi connectivity index (χ0v) is 13.9. The predicted octanol–water partition coefficient (Wildman–Crippen LogP) is 3.10. The average molecular weight is 347 g/mol. The van der Waals surface area contributed by atoms with Crippen molar-refractivity contribution in [3.63, 3.8) is 0 Å². The summed E-state index contributed by atoms with van der Waals surface area (Å²) in [6.45, 7) is -0.348. The zero-order chi connectivity index (χ0) is 18.2. The van der Waals surface area contributed by atoms with Gasteiger partial charge in [-0.15, -0.1) is 0 Å². The SMILES string of the molecule is CN(Cc1ccccc1F)C(=O)COC(=O)CCc1ccccc1F. The Morgan fingerprint density at radius 3 is 2.12 bits per heavy atom. The lowest BCUT2D eigenvalue weighted by molar-refractivity contribution is -0.151. The molecule has 0 aliphatic rings. The summed E-state index contributed by atoms with van der Waals surface area (Å²) in [6, 6.07) is 12.3. The van der Waals surface area contributed by atoms with E-state index in [0.29, 0.717) is 11.1 Å². The van der Waals surface area contributed by atoms with Crippen molar-refractivity contribution in [1.29, 1.82) is 0 Å². The number of nitrogens with zero attached hydrogens (tertiary/aromatic N) is 1. The molecular formula is C19H19F2NO3. The largest absolute Gasteiger partial charge is 0.456 e. The molecule has 2 aromatic rings. The van der Waals surface area contributed by atoms with Crippen LogP contribution in [0.1, 0.15) is 17.5 Å². The van der Waals surface area contributed by atoms with Gasteiger partial charge in [0.15, 0.2) is 6.61 Å². The summed E-state index contributed by atoms with van der Waals surface area (Å²) in [4.78, 5) is 24.9. The van der Waals surface area contributed by atoms with Crippen LogP contribution in [0, 0.1) is 11.6 Å². The number of carbonyl (C=O) groups is 2. The van der Waals surface area contributed by atoms with Crippen molar-refractivity contribution in [2.24, 2.45) is 0 Å². The maximum absolute atomic E-state index is 13.6. The molecule has 0 heterocycles. The van der Waals surface area contributed by atoms with Gasteiger partial charge in [0.05, 0.1) is 0 Å². The number of amides is 1. The van der Waals surface area contributed by atoms with Crippen LogP contribution in [0.15, 0.2) is 48.5 Å². The molecule has 0 aromatic heterocycles. The first kappa shape index (κ1) is 18.6. The van der Waals surface area contributed by atoms with Crippen LogP contribution in [-0.2, 0) is 27.3 Å². The Bertz CT molecular complexity index is 749. The van der Waals surface area contributed by atoms with Crippen molar-refractivity contribution in [2.45, 2.75) is 19.4 Å². The van der Waals surface area contributed by atoms with Crippen LogP contribution in [0.5, 0.6) is 0 Å². The van der Waals surface area contributed by atoms with Gasteiger partial charge in [-0.3, -0.25) is 9.59 Å². The van der Waals surface area contributed by atoms with E-state index in [9.17, 15) is 18.4 Å². The molecule has 6 heteroatoms. The summed E-state index contributed by atoms with van der Waals surface area (Å²) >= 11 is 0. The molecule has 132 valence electrons. The quantitative estimate of drug-likeness (QED) is 0.723. The first-order valence-corrected chi connectivity index (χ1v) is 7.83. The topological polar surface area (TPSA) is 46.6 Å². The molecule has 2 rings (SSSR count). The van der Waals surface area contributed by atoms with Crippen LogP contribution in [0.25, 0.3) is 0 Å². The normalized spacial score (nSPS) is 10.4. The van der Waals surface area contributed by atoms with E-state index in [2.05, 4.69) is 0 Å². The standard InChI is InChI=1S/C19H19F2NO3/c1-22(12-15-7-3-5-9-17(15)21)18(23)13-25-19(24)11-10-14-6-2-4-8-16(14)20/h2-9H,10-13H2,1H3. The number of hydrogen-bond acceptors (Lipinski definition) is 3. The molecule has 1 amide bonds. The number of likely N-dealkylation sites (N-methyl/N-ethyl adjacent to an activating group) is 1. The van der Waals surface area contributed by atoms with E-state index < -0.39 is 24.3 Å². The lowest BCUT2D eigenvalue weighted by atomic mass is 10.1. The number of hydrogen-bond donors (Lipinski definition) is 0. The molecule has 4 nitrogen and oxygen atoms in total. The Balaban J connectivity index is 1.76. The second-order valence-corrected chi connectivity index (χ2v) is 5.59. The number of esters is 1. The minimum Gasteiger partial charge on any atom is -0.456 e. The third kappa shape index (κ3) is 5.67. The molecule has 0 bridgehead atoms. The highest BCUT2D eigenvalue weighted by Crippen LogP contribution is 2.10. The monoisotopic (exact) mass is 347 g/mol. The summed E-state index contributed by atoms with van der Waals surface area (Å²) in [5.41, 5.74) is 0.798. The van der Waals surface area contributed by atoms with Crippen molar-refractivity contribution in [2.75, 3.05) is 13.7 Å². The van der Waals surface area contributed by atoms with Crippen LogP contribution < -0.4 is 0 Å². The van der Waals surface area contributed by atoms with Crippen molar-refractivity contribution >= 4 is 11.9 Å². The summed E-state index contributed by atoms with van der Waals surface area (Å²) in [5, 5.41) is 0. The molecule has 0 atom stereocenters. The fourth-order valence-corrected chi connectivity index (χ4v) is 2.23. The lowest BCUT2D eigenvalue weighted by Gasteiger charge is -2.17. The molecule has 0 fully saturated rings. The lowest BCUT2D eigenvalue weighted by Crippen LogP contribution is -2.31. The van der Waals surface area contributed by atoms with E-state index in [0.717, 1.165) is 0 Å². The van der Waals surface area contributed by atoms with Gasteiger partial charge < -0.3 is 9.64 Å². The minimum absolute atomic E-state index is 0.0226. The Morgan fingerprint density at radius 1 is 0.960 bits per heavy atom. The van der Waals surface area contributed by atoms with Crippen molar-refractivity contribution < 1.29 is 23.1 Å². The highest BCUT2D eigenvalue weighted by Gasteiger charge is 2.14. The molecule has 0 saturated carbocycles. The van der Waals surface area contributed by atoms with Crippen LogP contribution in [0.2, 0.25) is 0 Å². The molecule has 0 radical (unpaired) electrons. The third-order valence-corrected chi connectivity index (χ3v) is 3.70. The summed E-state index contributed by atoms with van der Waals surface area (Å²) in [6.07, 6.45) is 0.177. The van der Waals surface area contributed by atoms with Gasteiger partial charge in [0.1, 0.15) is 11.6 Å². The molecule has 25 heavy (non-hydrogen) atoms. The van der Waals surface area contributed by atoms with E-state index in [-0.39, 0.29) is 25.2 Å². The number of rotatable bonds is 7. The summed E-state index contributed by atoms with van der Waals surface area (Å²) in [5.74, 6) is -1.81. The molecule has 0 aliphatic heterocycles. The van der Waals surface area contributed by atoms with E-state index in [1.807, 2.05) is 0 Å². The minimum atomic E-state index is -0.587. The molecule has 0 unspecified atom stereocenters. The number of benzene rings is 2. The number of halogens is 2. The number of ether oxygens (including phenoxy) is 1. The zero-order valence-electron chi connectivity index (χ0n) is 13.9. The molecule has 0 aliphatic carbocycles. The number of carbonyl (C=O) groups excluding carboxylic acids is 2. The first-order valence-electron chi connectivity index (χ1n) is 7.83. The van der Waals surface area contributed by atoms with Gasteiger partial charge in [-0.2, -0.15) is 0 Å². The smallest absolute Gasteiger partial charge is 0.306 e. The fourth-order valence-electron chi connectivity index (χ4n) is 2.23. The average Bonchev–Trinajstić information content (AvgIpc) is 2.60. The van der Waals surface area contributed by atoms with Crippen molar-refractivity contribution in [3.05, 3.63) is 71.3 Å². The van der Waals surface area contributed by atoms with E-state index in [1.54, 1.807) is 36.4 Å². The van der Waals surface area contributed by atoms with Gasteiger partial charge in [0.25, 0.3) is 5.91 Å². The predicted molar refractivity (Wildman–Crippen MR) is 88.6 cm³/mol. The first-order chi connectivity index (χ1) is 12.0. The number of aryl methyl sites for hydroxylation is 1. The van der Waals surface area contributed by atoms with Crippen molar-refractivity contribution in [3.8, 4) is 0 Å². The maximum Gasteiger partial charge on any atom is 0.306 e. The van der Waals surface area contributed by atoms with Gasteiger partial charge in [0, 0.05) is 25.6 Å². The molecule has 0 spiro atoms. The van der Waals surface area contributed by atoms with Crippen LogP contribution in [0.3, 0.4) is 0 Å². The Kier molecular flexibility index (Phi) is 6.62. The summed E-state index contributed by atoms with van der Waals surface area (Å²) in [7, 11) is 1.50. The van der Waals surface area contributed by atoms with Gasteiger partial charge in [-0.1, -0.05) is 36.4 Å². The van der Waals surface area contributed by atoms with Gasteiger partial charge in [-0.25, -0.2) is 8.78 Å². The summed E-state index contributed by atoms with van der Waals surface area (Å²) < 4.78 is 31.9. The Hall–Kier alpha value is -2.76. The van der Waals surface area contributed by atoms with Gasteiger partial charge >= 0.3 is 5.97 Å². The molecular weight excluding hydrogens is 328 g/mol. The second kappa shape index (κ2) is 8.92. The van der Waals surface area contributed by atoms with Crippen LogP contribution >= 0.6 is 0 Å². The van der Waals surface area contributed by atoms with Gasteiger partial charge in [0.2, 0.25) is 0 Å². The molecule has 2 aromatic carbocycles. The highest BCUT2D eigenvalue weighted by atomic mass is 19.1. The fraction of sp³-hybridized carbons (Fsp3) is 0.263. The highest BCUT2D eigenvalue weighted by molar-refractivity contribution is 5.80. The van der Waals surface area contributed by atoms with Crippen molar-refractivity contribution in [1.82, 2.24) is 4.90 Å². The second-order valence-electron chi connectivity index (χ2n) is 5.59. The third-order valence-electron chi connectivity index (χ3n) is 3.70. The van der Waals surface area contributed by atoms with E-state index in [1.165, 1.54) is 24.1 Å². The van der Waals surface area contributed by atoms with E-state index >= 15 is 0 Å². The van der Waals surface area contributed by atoms with Crippen LogP contribution in [-0.4, -0.2) is 30.4 Å². The van der Waals surface area contributed by atoms with E-state index in [4.69, 9.17) is 4.74 Å². The maximum atomic E-state index is 13.6. The molecule has 0 saturated heterocycles.